The highest BCUT2D eigenvalue weighted by molar-refractivity contribution is 5.79. The van der Waals surface area contributed by atoms with Crippen LogP contribution in [0.4, 0.5) is 0 Å². The molecule has 0 bridgehead atoms. The third-order valence-corrected chi connectivity index (χ3v) is 4.13. The van der Waals surface area contributed by atoms with Crippen molar-refractivity contribution in [3.63, 3.8) is 0 Å². The average Bonchev–Trinajstić information content (AvgIpc) is 3.14. The van der Waals surface area contributed by atoms with Gasteiger partial charge in [-0.05, 0) is 31.9 Å². The van der Waals surface area contributed by atoms with Gasteiger partial charge in [0.15, 0.2) is 5.96 Å². The van der Waals surface area contributed by atoms with Crippen LogP contribution in [0.25, 0.3) is 0 Å². The van der Waals surface area contributed by atoms with E-state index < -0.39 is 0 Å². The van der Waals surface area contributed by atoms with Gasteiger partial charge in [-0.2, -0.15) is 0 Å². The molecule has 1 fully saturated rings. The van der Waals surface area contributed by atoms with Gasteiger partial charge in [-0.1, -0.05) is 12.1 Å². The topological polar surface area (TPSA) is 64.1 Å². The van der Waals surface area contributed by atoms with Gasteiger partial charge in [0.2, 0.25) is 0 Å². The molecule has 2 rings (SSSR count). The van der Waals surface area contributed by atoms with E-state index in [2.05, 4.69) is 40.7 Å². The number of hydrogen-bond acceptors (Lipinski definition) is 4. The van der Waals surface area contributed by atoms with Gasteiger partial charge in [-0.25, -0.2) is 0 Å². The summed E-state index contributed by atoms with van der Waals surface area (Å²) in [5.74, 6) is 2.19. The van der Waals surface area contributed by atoms with E-state index in [1.807, 2.05) is 6.92 Å². The van der Waals surface area contributed by atoms with E-state index >= 15 is 0 Å². The largest absolute Gasteiger partial charge is 0.493 e. The van der Waals surface area contributed by atoms with E-state index in [0.717, 1.165) is 50.1 Å². The summed E-state index contributed by atoms with van der Waals surface area (Å²) >= 11 is 0. The predicted octanol–water partition coefficient (Wildman–Crippen LogP) is 2.11. The standard InChI is InChI=1S/C19H31N3O3/c1-4-23-10-8-21-19(20-3)22-12-17-6-5-15(2)11-18(17)25-14-16-7-9-24-13-16/h5-6,11,16H,4,7-10,12-14H2,1-3H3,(H2,20,21,22). The van der Waals surface area contributed by atoms with Gasteiger partial charge in [-0.15, -0.1) is 0 Å². The van der Waals surface area contributed by atoms with Crippen molar-refractivity contribution in [1.29, 1.82) is 0 Å². The fourth-order valence-corrected chi connectivity index (χ4v) is 2.65. The molecule has 140 valence electrons. The number of nitrogens with zero attached hydrogens (tertiary/aromatic N) is 1. The van der Waals surface area contributed by atoms with Crippen LogP contribution in [0, 0.1) is 12.8 Å². The number of nitrogens with one attached hydrogen (secondary N) is 2. The summed E-state index contributed by atoms with van der Waals surface area (Å²) < 4.78 is 16.8. The number of ether oxygens (including phenoxy) is 3. The van der Waals surface area contributed by atoms with Crippen LogP contribution < -0.4 is 15.4 Å². The molecule has 0 amide bonds. The highest BCUT2D eigenvalue weighted by atomic mass is 16.5. The van der Waals surface area contributed by atoms with Crippen molar-refractivity contribution in [3.8, 4) is 5.75 Å². The average molecular weight is 349 g/mol. The maximum atomic E-state index is 6.08. The van der Waals surface area contributed by atoms with E-state index in [-0.39, 0.29) is 0 Å². The maximum absolute atomic E-state index is 6.08. The monoisotopic (exact) mass is 349 g/mol. The van der Waals surface area contributed by atoms with Crippen LogP contribution >= 0.6 is 0 Å². The molecule has 1 saturated heterocycles. The molecule has 0 spiro atoms. The lowest BCUT2D eigenvalue weighted by Gasteiger charge is -2.17. The highest BCUT2D eigenvalue weighted by Crippen LogP contribution is 2.22. The quantitative estimate of drug-likeness (QED) is 0.406. The van der Waals surface area contributed by atoms with Gasteiger partial charge in [0.1, 0.15) is 5.75 Å². The molecular weight excluding hydrogens is 318 g/mol. The van der Waals surface area contributed by atoms with Crippen molar-refractivity contribution >= 4 is 5.96 Å². The Bertz CT molecular complexity index is 543. The summed E-state index contributed by atoms with van der Waals surface area (Å²) in [6.07, 6.45) is 1.08. The Morgan fingerprint density at radius 1 is 1.36 bits per heavy atom. The minimum atomic E-state index is 0.495. The van der Waals surface area contributed by atoms with Crippen LogP contribution in [0.1, 0.15) is 24.5 Å². The van der Waals surface area contributed by atoms with Crippen LogP contribution in [0.2, 0.25) is 0 Å². The predicted molar refractivity (Wildman–Crippen MR) is 100 cm³/mol. The molecule has 1 unspecified atom stereocenters. The third-order valence-electron chi connectivity index (χ3n) is 4.13. The minimum absolute atomic E-state index is 0.495. The molecule has 0 aliphatic carbocycles. The Morgan fingerprint density at radius 3 is 2.96 bits per heavy atom. The molecule has 1 aromatic carbocycles. The lowest BCUT2D eigenvalue weighted by atomic mass is 10.1. The first kappa shape index (κ1) is 19.5. The molecule has 0 radical (unpaired) electrons. The maximum Gasteiger partial charge on any atom is 0.191 e. The van der Waals surface area contributed by atoms with E-state index in [9.17, 15) is 0 Å². The SMILES string of the molecule is CCOCCNC(=NC)NCc1ccc(C)cc1OCC1CCOC1. The summed E-state index contributed by atoms with van der Waals surface area (Å²) in [7, 11) is 1.77. The fourth-order valence-electron chi connectivity index (χ4n) is 2.65. The van der Waals surface area contributed by atoms with Gasteiger partial charge < -0.3 is 24.8 Å². The Kier molecular flexibility index (Phi) is 8.55. The zero-order valence-electron chi connectivity index (χ0n) is 15.6. The molecule has 0 saturated carbocycles. The Hall–Kier alpha value is -1.79. The summed E-state index contributed by atoms with van der Waals surface area (Å²) in [6.45, 7) is 9.20. The Balaban J connectivity index is 1.86. The van der Waals surface area contributed by atoms with Gasteiger partial charge in [0.25, 0.3) is 0 Å². The van der Waals surface area contributed by atoms with Crippen LogP contribution in [-0.4, -0.2) is 52.6 Å². The normalized spacial score (nSPS) is 17.6. The van der Waals surface area contributed by atoms with Crippen molar-refractivity contribution in [1.82, 2.24) is 10.6 Å². The number of aliphatic imine (C=N–C) groups is 1. The Morgan fingerprint density at radius 2 is 2.24 bits per heavy atom. The van der Waals surface area contributed by atoms with E-state index in [1.165, 1.54) is 5.56 Å². The van der Waals surface area contributed by atoms with Crippen molar-refractivity contribution < 1.29 is 14.2 Å². The zero-order valence-corrected chi connectivity index (χ0v) is 15.6. The van der Waals surface area contributed by atoms with Crippen LogP contribution in [0.15, 0.2) is 23.2 Å². The molecular formula is C19H31N3O3. The number of benzene rings is 1. The number of aryl methyl sites for hydroxylation is 1. The van der Waals surface area contributed by atoms with Gasteiger partial charge in [0.05, 0.1) is 19.8 Å². The van der Waals surface area contributed by atoms with Crippen molar-refractivity contribution in [2.75, 3.05) is 46.6 Å². The van der Waals surface area contributed by atoms with Crippen molar-refractivity contribution in [2.24, 2.45) is 10.9 Å². The zero-order chi connectivity index (χ0) is 17.9. The van der Waals surface area contributed by atoms with E-state index in [4.69, 9.17) is 14.2 Å². The van der Waals surface area contributed by atoms with Crippen molar-refractivity contribution in [3.05, 3.63) is 29.3 Å². The number of guanidine groups is 1. The van der Waals surface area contributed by atoms with Crippen LogP contribution in [-0.2, 0) is 16.0 Å². The first-order valence-corrected chi connectivity index (χ1v) is 9.05. The lowest BCUT2D eigenvalue weighted by Crippen LogP contribution is -2.38. The first-order chi connectivity index (χ1) is 12.2. The first-order valence-electron chi connectivity index (χ1n) is 9.05. The number of hydrogen-bond donors (Lipinski definition) is 2. The second-order valence-corrected chi connectivity index (χ2v) is 6.20. The molecule has 1 aliphatic heterocycles. The molecule has 6 nitrogen and oxygen atoms in total. The summed E-state index contributed by atoms with van der Waals surface area (Å²) in [5.41, 5.74) is 2.32. The lowest BCUT2D eigenvalue weighted by molar-refractivity contribution is 0.152. The molecule has 1 aliphatic rings. The molecule has 25 heavy (non-hydrogen) atoms. The van der Waals surface area contributed by atoms with Crippen LogP contribution in [0.3, 0.4) is 0 Å². The smallest absolute Gasteiger partial charge is 0.191 e. The number of rotatable bonds is 9. The molecule has 0 aromatic heterocycles. The summed E-state index contributed by atoms with van der Waals surface area (Å²) in [4.78, 5) is 4.24. The van der Waals surface area contributed by atoms with Gasteiger partial charge >= 0.3 is 0 Å². The second-order valence-electron chi connectivity index (χ2n) is 6.20. The molecule has 1 heterocycles. The molecule has 1 aromatic rings. The Labute approximate surface area is 151 Å². The summed E-state index contributed by atoms with van der Waals surface area (Å²) in [6, 6.07) is 6.31. The highest BCUT2D eigenvalue weighted by Gasteiger charge is 2.17. The third kappa shape index (κ3) is 6.92. The van der Waals surface area contributed by atoms with Crippen LogP contribution in [0.5, 0.6) is 5.75 Å². The molecule has 1 atom stereocenters. The second kappa shape index (κ2) is 10.9. The molecule has 2 N–H and O–H groups in total. The van der Waals surface area contributed by atoms with Gasteiger partial charge in [-0.3, -0.25) is 4.99 Å². The van der Waals surface area contributed by atoms with Gasteiger partial charge in [0, 0.05) is 44.8 Å². The minimum Gasteiger partial charge on any atom is -0.493 e. The van der Waals surface area contributed by atoms with E-state index in [0.29, 0.717) is 25.7 Å². The summed E-state index contributed by atoms with van der Waals surface area (Å²) in [5, 5.41) is 6.57. The van der Waals surface area contributed by atoms with Crippen molar-refractivity contribution in [2.45, 2.75) is 26.8 Å². The fraction of sp³-hybridized carbons (Fsp3) is 0.632. The van der Waals surface area contributed by atoms with E-state index in [1.54, 1.807) is 7.05 Å². The molecule has 6 heteroatoms.